The van der Waals surface area contributed by atoms with Crippen molar-refractivity contribution in [3.05, 3.63) is 84.4 Å². The normalized spacial score (nSPS) is 12.7. The largest absolute Gasteiger partial charge is 0.455 e. The van der Waals surface area contributed by atoms with Crippen LogP contribution in [0, 0.1) is 0 Å². The van der Waals surface area contributed by atoms with Crippen LogP contribution in [0.5, 0.6) is 0 Å². The van der Waals surface area contributed by atoms with Gasteiger partial charge in [0.2, 0.25) is 0 Å². The highest BCUT2D eigenvalue weighted by atomic mass is 16.3. The summed E-state index contributed by atoms with van der Waals surface area (Å²) in [4.78, 5) is 9.47. The Morgan fingerprint density at radius 3 is 2.59 bits per heavy atom. The minimum Gasteiger partial charge on any atom is -0.455 e. The lowest BCUT2D eigenvalue weighted by Crippen LogP contribution is -1.85. The quantitative estimate of drug-likeness (QED) is 0.311. The number of aliphatic imine (C=N–C) groups is 1. The molecule has 2 aromatic heterocycles. The van der Waals surface area contributed by atoms with Crippen LogP contribution in [-0.2, 0) is 0 Å². The molecule has 3 heterocycles. The Kier molecular flexibility index (Phi) is 2.74. The summed E-state index contributed by atoms with van der Waals surface area (Å²) < 4.78 is 6.48. The van der Waals surface area contributed by atoms with Crippen LogP contribution < -0.4 is 0 Å². The van der Waals surface area contributed by atoms with Gasteiger partial charge < -0.3 is 4.42 Å². The Labute approximate surface area is 165 Å². The molecule has 1 aliphatic rings. The summed E-state index contributed by atoms with van der Waals surface area (Å²) in [6, 6.07) is 27.1. The van der Waals surface area contributed by atoms with E-state index in [-0.39, 0.29) is 0 Å². The number of para-hydroxylation sites is 2. The van der Waals surface area contributed by atoms with Crippen LogP contribution >= 0.6 is 0 Å². The minimum atomic E-state index is 0.874. The van der Waals surface area contributed by atoms with Gasteiger partial charge in [0.1, 0.15) is 11.2 Å². The number of furan rings is 1. The molecule has 29 heavy (non-hydrogen) atoms. The molecule has 0 saturated heterocycles. The molecule has 4 aromatic carbocycles. The molecular formula is C26H14N2O. The summed E-state index contributed by atoms with van der Waals surface area (Å²) in [5.74, 6) is 0. The Balaban J connectivity index is 1.59. The number of rotatable bonds is 1. The van der Waals surface area contributed by atoms with Gasteiger partial charge in [-0.1, -0.05) is 48.5 Å². The molecule has 0 unspecified atom stereocenters. The summed E-state index contributed by atoms with van der Waals surface area (Å²) >= 11 is 0. The maximum Gasteiger partial charge on any atom is 0.144 e. The zero-order valence-electron chi connectivity index (χ0n) is 15.4. The first-order valence-electron chi connectivity index (χ1n) is 9.68. The van der Waals surface area contributed by atoms with Gasteiger partial charge in [-0.25, -0.2) is 4.98 Å². The number of aromatic nitrogens is 1. The van der Waals surface area contributed by atoms with E-state index in [0.29, 0.717) is 0 Å². The Morgan fingerprint density at radius 2 is 1.59 bits per heavy atom. The molecule has 1 aliphatic heterocycles. The Bertz CT molecular complexity index is 1660. The van der Waals surface area contributed by atoms with Crippen molar-refractivity contribution in [1.29, 1.82) is 0 Å². The molecule has 6 aromatic rings. The highest BCUT2D eigenvalue weighted by Crippen LogP contribution is 2.43. The molecule has 0 saturated carbocycles. The first kappa shape index (κ1) is 15.0. The maximum absolute atomic E-state index is 6.48. The van der Waals surface area contributed by atoms with Crippen molar-refractivity contribution in [2.45, 2.75) is 0 Å². The molecule has 0 radical (unpaired) electrons. The standard InChI is InChI=1S/C26H14N2O/c1-2-9-21-15(5-1)11-12-22(28-21)18-8-4-7-17-19-13-16-6-3-10-23-24(16)20(14-27-23)26(19)29-25(17)18/h1-14H. The third kappa shape index (κ3) is 1.96. The third-order valence-electron chi connectivity index (χ3n) is 5.85. The van der Waals surface area contributed by atoms with Gasteiger partial charge in [-0.2, -0.15) is 0 Å². The van der Waals surface area contributed by atoms with E-state index < -0.39 is 0 Å². The molecule has 3 nitrogen and oxygen atoms in total. The number of fused-ring (bicyclic) bond motifs is 5. The predicted molar refractivity (Wildman–Crippen MR) is 119 cm³/mol. The van der Waals surface area contributed by atoms with Crippen LogP contribution in [0.4, 0.5) is 5.69 Å². The number of hydrogen-bond acceptors (Lipinski definition) is 3. The molecule has 0 aliphatic carbocycles. The fraction of sp³-hybridized carbons (Fsp3) is 0. The van der Waals surface area contributed by atoms with Gasteiger partial charge in [0.05, 0.1) is 16.9 Å². The van der Waals surface area contributed by atoms with Gasteiger partial charge in [0.25, 0.3) is 0 Å². The number of benzene rings is 4. The molecule has 134 valence electrons. The second kappa shape index (κ2) is 5.30. The highest BCUT2D eigenvalue weighted by Gasteiger charge is 2.20. The van der Waals surface area contributed by atoms with E-state index in [4.69, 9.17) is 9.40 Å². The molecule has 0 spiro atoms. The second-order valence-corrected chi connectivity index (χ2v) is 7.47. The van der Waals surface area contributed by atoms with Gasteiger partial charge in [0.15, 0.2) is 0 Å². The van der Waals surface area contributed by atoms with E-state index in [1.807, 2.05) is 30.5 Å². The van der Waals surface area contributed by atoms with Crippen molar-refractivity contribution in [3.63, 3.8) is 0 Å². The molecule has 7 rings (SSSR count). The van der Waals surface area contributed by atoms with Crippen molar-refractivity contribution < 1.29 is 4.42 Å². The van der Waals surface area contributed by atoms with Crippen molar-refractivity contribution >= 4 is 55.5 Å². The molecule has 0 N–H and O–H groups in total. The molecule has 0 atom stereocenters. The smallest absolute Gasteiger partial charge is 0.144 e. The van der Waals surface area contributed by atoms with E-state index in [0.717, 1.165) is 55.3 Å². The number of pyridine rings is 1. The average Bonchev–Trinajstić information content (AvgIpc) is 3.37. The lowest BCUT2D eigenvalue weighted by atomic mass is 10.00. The van der Waals surface area contributed by atoms with Crippen LogP contribution in [0.1, 0.15) is 5.56 Å². The van der Waals surface area contributed by atoms with Crippen LogP contribution in [0.15, 0.2) is 88.3 Å². The molecular weight excluding hydrogens is 356 g/mol. The van der Waals surface area contributed by atoms with Gasteiger partial charge in [0, 0.05) is 38.9 Å². The van der Waals surface area contributed by atoms with Crippen molar-refractivity contribution in [2.24, 2.45) is 4.99 Å². The van der Waals surface area contributed by atoms with Gasteiger partial charge in [-0.3, -0.25) is 4.99 Å². The minimum absolute atomic E-state index is 0.874. The van der Waals surface area contributed by atoms with Crippen LogP contribution in [0.2, 0.25) is 0 Å². The fourth-order valence-corrected chi connectivity index (χ4v) is 4.50. The maximum atomic E-state index is 6.48. The van der Waals surface area contributed by atoms with E-state index in [9.17, 15) is 0 Å². The zero-order valence-corrected chi connectivity index (χ0v) is 15.4. The zero-order chi connectivity index (χ0) is 18.9. The van der Waals surface area contributed by atoms with Crippen LogP contribution in [-0.4, -0.2) is 11.2 Å². The van der Waals surface area contributed by atoms with Crippen LogP contribution in [0.3, 0.4) is 0 Å². The lowest BCUT2D eigenvalue weighted by molar-refractivity contribution is 0.670. The summed E-state index contributed by atoms with van der Waals surface area (Å²) in [5.41, 5.74) is 6.77. The number of hydrogen-bond donors (Lipinski definition) is 0. The lowest BCUT2D eigenvalue weighted by Gasteiger charge is -2.04. The summed E-state index contributed by atoms with van der Waals surface area (Å²) in [5, 5.41) is 5.73. The van der Waals surface area contributed by atoms with Gasteiger partial charge >= 0.3 is 0 Å². The first-order chi connectivity index (χ1) is 14.4. The van der Waals surface area contributed by atoms with Crippen molar-refractivity contribution in [2.75, 3.05) is 0 Å². The second-order valence-electron chi connectivity index (χ2n) is 7.47. The first-order valence-corrected chi connectivity index (χ1v) is 9.68. The van der Waals surface area contributed by atoms with Crippen LogP contribution in [0.25, 0.3) is 54.9 Å². The molecule has 0 bridgehead atoms. The van der Waals surface area contributed by atoms with Gasteiger partial charge in [-0.15, -0.1) is 0 Å². The SMILES string of the molecule is C1=Nc2cccc3cc4c(oc5c(-c6ccc7ccccc7n6)cccc54)c1c23. The molecule has 0 fully saturated rings. The van der Waals surface area contributed by atoms with Crippen molar-refractivity contribution in [1.82, 2.24) is 4.98 Å². The summed E-state index contributed by atoms with van der Waals surface area (Å²) in [6.07, 6.45) is 1.93. The number of nitrogens with zero attached hydrogens (tertiary/aromatic N) is 2. The van der Waals surface area contributed by atoms with E-state index in [2.05, 4.69) is 59.6 Å². The van der Waals surface area contributed by atoms with Crippen molar-refractivity contribution in [3.8, 4) is 11.3 Å². The summed E-state index contributed by atoms with van der Waals surface area (Å²) in [6.45, 7) is 0. The van der Waals surface area contributed by atoms with Gasteiger partial charge in [-0.05, 0) is 35.7 Å². The van der Waals surface area contributed by atoms with E-state index in [1.54, 1.807) is 0 Å². The fourth-order valence-electron chi connectivity index (χ4n) is 4.50. The summed E-state index contributed by atoms with van der Waals surface area (Å²) in [7, 11) is 0. The average molecular weight is 370 g/mol. The monoisotopic (exact) mass is 370 g/mol. The molecule has 3 heteroatoms. The molecule has 0 amide bonds. The van der Waals surface area contributed by atoms with E-state index >= 15 is 0 Å². The Hall–Kier alpha value is -3.98. The Morgan fingerprint density at radius 1 is 0.690 bits per heavy atom. The topological polar surface area (TPSA) is 38.4 Å². The predicted octanol–water partition coefficient (Wildman–Crippen LogP) is 7.02. The van der Waals surface area contributed by atoms with E-state index in [1.165, 1.54) is 10.8 Å². The third-order valence-corrected chi connectivity index (χ3v) is 5.85. The highest BCUT2D eigenvalue weighted by molar-refractivity contribution is 6.24.